The molecule has 0 bridgehead atoms. The lowest BCUT2D eigenvalue weighted by Crippen LogP contribution is -2.12. The van der Waals surface area contributed by atoms with Gasteiger partial charge < -0.3 is 10.3 Å². The summed E-state index contributed by atoms with van der Waals surface area (Å²) in [7, 11) is 0. The number of aromatic nitrogens is 2. The first-order valence-corrected chi connectivity index (χ1v) is 8.68. The molecule has 0 unspecified atom stereocenters. The van der Waals surface area contributed by atoms with Crippen LogP contribution >= 0.6 is 35.0 Å². The number of thioether (sulfide) groups is 1. The summed E-state index contributed by atoms with van der Waals surface area (Å²) in [6, 6.07) is 12.8. The monoisotopic (exact) mass is 365 g/mol. The van der Waals surface area contributed by atoms with Crippen LogP contribution in [0.2, 0.25) is 10.0 Å². The van der Waals surface area contributed by atoms with E-state index in [0.717, 1.165) is 16.2 Å². The minimum Gasteiger partial charge on any atom is -0.333 e. The van der Waals surface area contributed by atoms with Crippen LogP contribution in [-0.4, -0.2) is 21.6 Å². The van der Waals surface area contributed by atoms with E-state index in [1.807, 2.05) is 24.3 Å². The number of halogens is 2. The summed E-state index contributed by atoms with van der Waals surface area (Å²) in [6.07, 6.45) is 0.352. The van der Waals surface area contributed by atoms with E-state index in [4.69, 9.17) is 23.2 Å². The fourth-order valence-corrected chi connectivity index (χ4v) is 3.21. The first-order chi connectivity index (χ1) is 11.1. The molecule has 0 aliphatic carbocycles. The van der Waals surface area contributed by atoms with Gasteiger partial charge in [-0.05, 0) is 30.3 Å². The largest absolute Gasteiger partial charge is 0.333 e. The predicted octanol–water partition coefficient (Wildman–Crippen LogP) is 4.99. The number of rotatable bonds is 5. The van der Waals surface area contributed by atoms with Crippen LogP contribution in [0.25, 0.3) is 11.0 Å². The Balaban J connectivity index is 1.53. The highest BCUT2D eigenvalue weighted by atomic mass is 35.5. The zero-order valence-electron chi connectivity index (χ0n) is 12.0. The molecule has 0 aliphatic rings. The number of carbonyl (C=O) groups excluding carboxylic acids is 1. The van der Waals surface area contributed by atoms with Gasteiger partial charge in [-0.2, -0.15) is 0 Å². The lowest BCUT2D eigenvalue weighted by Gasteiger charge is -2.07. The van der Waals surface area contributed by atoms with Gasteiger partial charge in [-0.25, -0.2) is 4.98 Å². The van der Waals surface area contributed by atoms with Crippen LogP contribution in [0.5, 0.6) is 0 Å². The van der Waals surface area contributed by atoms with Crippen molar-refractivity contribution in [2.45, 2.75) is 11.6 Å². The number of fused-ring (bicyclic) bond motifs is 1. The minimum absolute atomic E-state index is 0.113. The Kier molecular flexibility index (Phi) is 5.10. The first-order valence-electron chi connectivity index (χ1n) is 6.94. The summed E-state index contributed by atoms with van der Waals surface area (Å²) in [5.74, 6) is 0.502. The van der Waals surface area contributed by atoms with Gasteiger partial charge in [0.25, 0.3) is 0 Å². The molecule has 1 amide bonds. The number of benzene rings is 2. The van der Waals surface area contributed by atoms with E-state index >= 15 is 0 Å². The van der Waals surface area contributed by atoms with E-state index in [-0.39, 0.29) is 5.91 Å². The van der Waals surface area contributed by atoms with Crippen molar-refractivity contribution >= 4 is 57.6 Å². The standard InChI is InChI=1S/C16H13Cl2N3OS/c17-10-5-6-11(18)14(9-10)19-15(22)7-8-23-16-20-12-3-1-2-4-13(12)21-16/h1-6,9H,7-8H2,(H,19,22)(H,20,21). The molecule has 2 N–H and O–H groups in total. The molecule has 4 nitrogen and oxygen atoms in total. The number of aromatic amines is 1. The zero-order valence-corrected chi connectivity index (χ0v) is 14.3. The molecule has 0 aliphatic heterocycles. The van der Waals surface area contributed by atoms with Gasteiger partial charge in [0.1, 0.15) is 0 Å². The number of amides is 1. The SMILES string of the molecule is O=C(CCSc1nc2ccccc2[nH]1)Nc1cc(Cl)ccc1Cl. The molecule has 2 aromatic carbocycles. The van der Waals surface area contributed by atoms with E-state index in [1.165, 1.54) is 11.8 Å². The molecule has 3 rings (SSSR count). The van der Waals surface area contributed by atoms with Crippen molar-refractivity contribution in [1.82, 2.24) is 9.97 Å². The molecule has 23 heavy (non-hydrogen) atoms. The number of H-pyrrole nitrogens is 1. The maximum atomic E-state index is 12.0. The van der Waals surface area contributed by atoms with Gasteiger partial charge in [0.2, 0.25) is 5.91 Å². The molecule has 0 atom stereocenters. The van der Waals surface area contributed by atoms with E-state index < -0.39 is 0 Å². The Hall–Kier alpha value is -1.69. The lowest BCUT2D eigenvalue weighted by atomic mass is 10.3. The van der Waals surface area contributed by atoms with Crippen molar-refractivity contribution < 1.29 is 4.79 Å². The van der Waals surface area contributed by atoms with Crippen LogP contribution in [0.4, 0.5) is 5.69 Å². The van der Waals surface area contributed by atoms with Crippen LogP contribution in [0.15, 0.2) is 47.6 Å². The molecule has 0 spiro atoms. The Morgan fingerprint density at radius 3 is 2.87 bits per heavy atom. The quantitative estimate of drug-likeness (QED) is 0.626. The fourth-order valence-electron chi connectivity index (χ4n) is 2.04. The van der Waals surface area contributed by atoms with Crippen LogP contribution in [-0.2, 0) is 4.79 Å². The molecule has 1 aromatic heterocycles. The van der Waals surface area contributed by atoms with Crippen molar-refractivity contribution in [2.75, 3.05) is 11.1 Å². The highest BCUT2D eigenvalue weighted by Crippen LogP contribution is 2.26. The van der Waals surface area contributed by atoms with Crippen LogP contribution < -0.4 is 5.32 Å². The summed E-state index contributed by atoms with van der Waals surface area (Å²) in [6.45, 7) is 0. The Labute approximate surface area is 147 Å². The highest BCUT2D eigenvalue weighted by molar-refractivity contribution is 7.99. The van der Waals surface area contributed by atoms with Crippen LogP contribution in [0.1, 0.15) is 6.42 Å². The first kappa shape index (κ1) is 16.2. The lowest BCUT2D eigenvalue weighted by molar-refractivity contribution is -0.115. The smallest absolute Gasteiger partial charge is 0.225 e. The molecule has 0 radical (unpaired) electrons. The van der Waals surface area contributed by atoms with Crippen LogP contribution in [0, 0.1) is 0 Å². The molecule has 0 saturated carbocycles. The van der Waals surface area contributed by atoms with Crippen molar-refractivity contribution in [3.05, 3.63) is 52.5 Å². The number of hydrogen-bond donors (Lipinski definition) is 2. The number of imidazole rings is 1. The maximum Gasteiger partial charge on any atom is 0.225 e. The van der Waals surface area contributed by atoms with Crippen molar-refractivity contribution in [1.29, 1.82) is 0 Å². The van der Waals surface area contributed by atoms with E-state index in [9.17, 15) is 4.79 Å². The van der Waals surface area contributed by atoms with Gasteiger partial charge in [-0.3, -0.25) is 4.79 Å². The van der Waals surface area contributed by atoms with Crippen molar-refractivity contribution in [3.8, 4) is 0 Å². The molecule has 0 fully saturated rings. The zero-order chi connectivity index (χ0) is 16.2. The summed E-state index contributed by atoms with van der Waals surface area (Å²) in [5, 5.41) is 4.56. The number of hydrogen-bond acceptors (Lipinski definition) is 3. The molecular formula is C16H13Cl2N3OS. The molecule has 118 valence electrons. The van der Waals surface area contributed by atoms with Crippen LogP contribution in [0.3, 0.4) is 0 Å². The molecule has 3 aromatic rings. The van der Waals surface area contributed by atoms with E-state index in [1.54, 1.807) is 18.2 Å². The molecule has 7 heteroatoms. The third-order valence-electron chi connectivity index (χ3n) is 3.14. The number of carbonyl (C=O) groups is 1. The maximum absolute atomic E-state index is 12.0. The second-order valence-electron chi connectivity index (χ2n) is 4.83. The molecular weight excluding hydrogens is 353 g/mol. The third-order valence-corrected chi connectivity index (χ3v) is 4.58. The summed E-state index contributed by atoms with van der Waals surface area (Å²) in [5.41, 5.74) is 2.44. The second-order valence-corrected chi connectivity index (χ2v) is 6.76. The minimum atomic E-state index is -0.113. The Morgan fingerprint density at radius 2 is 2.04 bits per heavy atom. The van der Waals surface area contributed by atoms with Crippen molar-refractivity contribution in [3.63, 3.8) is 0 Å². The van der Waals surface area contributed by atoms with Gasteiger partial charge >= 0.3 is 0 Å². The summed E-state index contributed by atoms with van der Waals surface area (Å²) >= 11 is 13.4. The number of nitrogens with one attached hydrogen (secondary N) is 2. The normalized spacial score (nSPS) is 10.9. The van der Waals surface area contributed by atoms with E-state index in [2.05, 4.69) is 15.3 Å². The average molecular weight is 366 g/mol. The Bertz CT molecular complexity index is 817. The number of para-hydroxylation sites is 2. The summed E-state index contributed by atoms with van der Waals surface area (Å²) < 4.78 is 0. The average Bonchev–Trinajstić information content (AvgIpc) is 2.93. The van der Waals surface area contributed by atoms with Gasteiger partial charge in [0.05, 0.1) is 21.7 Å². The fraction of sp³-hybridized carbons (Fsp3) is 0.125. The van der Waals surface area contributed by atoms with Crippen molar-refractivity contribution in [2.24, 2.45) is 0 Å². The van der Waals surface area contributed by atoms with Gasteiger partial charge in [0, 0.05) is 17.2 Å². The van der Waals surface area contributed by atoms with Gasteiger partial charge in [0.15, 0.2) is 5.16 Å². The number of nitrogens with zero attached hydrogens (tertiary/aromatic N) is 1. The Morgan fingerprint density at radius 1 is 1.22 bits per heavy atom. The molecule has 1 heterocycles. The predicted molar refractivity (Wildman–Crippen MR) is 96.5 cm³/mol. The summed E-state index contributed by atoms with van der Waals surface area (Å²) in [4.78, 5) is 19.7. The highest BCUT2D eigenvalue weighted by Gasteiger charge is 2.08. The number of anilines is 1. The van der Waals surface area contributed by atoms with E-state index in [0.29, 0.717) is 27.9 Å². The molecule has 0 saturated heterocycles. The topological polar surface area (TPSA) is 57.8 Å². The third kappa shape index (κ3) is 4.19. The van der Waals surface area contributed by atoms with Gasteiger partial charge in [-0.15, -0.1) is 0 Å². The second kappa shape index (κ2) is 7.25. The van der Waals surface area contributed by atoms with Gasteiger partial charge in [-0.1, -0.05) is 47.1 Å².